The van der Waals surface area contributed by atoms with Gasteiger partial charge in [0.15, 0.2) is 0 Å². The first kappa shape index (κ1) is 22.2. The third-order valence-electron chi connectivity index (χ3n) is 5.51. The predicted octanol–water partition coefficient (Wildman–Crippen LogP) is 0.601. The highest BCUT2D eigenvalue weighted by Gasteiger charge is 2.27. The van der Waals surface area contributed by atoms with E-state index in [1.165, 1.54) is 25.5 Å². The van der Waals surface area contributed by atoms with E-state index in [4.69, 9.17) is 9.47 Å². The minimum absolute atomic E-state index is 0.217. The van der Waals surface area contributed by atoms with Crippen LogP contribution in [0.2, 0.25) is 0 Å². The molecule has 2 N–H and O–H groups in total. The molecule has 3 rings (SSSR count). The summed E-state index contributed by atoms with van der Waals surface area (Å²) in [5.41, 5.74) is 2.26. The third-order valence-corrected chi connectivity index (χ3v) is 5.51. The quantitative estimate of drug-likeness (QED) is 0.571. The second kappa shape index (κ2) is 10.5. The number of hydrogen-bond acceptors (Lipinski definition) is 6. The average molecular weight is 418 g/mol. The van der Waals surface area contributed by atoms with E-state index >= 15 is 0 Å². The monoisotopic (exact) mass is 417 g/mol. The second-order valence-electron chi connectivity index (χ2n) is 7.98. The zero-order chi connectivity index (χ0) is 21.5. The Morgan fingerprint density at radius 2 is 1.80 bits per heavy atom. The van der Waals surface area contributed by atoms with Crippen molar-refractivity contribution in [2.24, 2.45) is 0 Å². The van der Waals surface area contributed by atoms with Crippen LogP contribution in [0, 0.1) is 0 Å². The Balaban J connectivity index is 1.51. The smallest absolute Gasteiger partial charge is 0.328 e. The summed E-state index contributed by atoms with van der Waals surface area (Å²) < 4.78 is 10.1. The molecule has 1 saturated heterocycles. The molecular formula is C22H31N3O5. The summed E-state index contributed by atoms with van der Waals surface area (Å²) in [7, 11) is 1.30. The van der Waals surface area contributed by atoms with Crippen molar-refractivity contribution in [3.8, 4) is 0 Å². The van der Waals surface area contributed by atoms with Gasteiger partial charge >= 0.3 is 5.97 Å². The van der Waals surface area contributed by atoms with Gasteiger partial charge in [-0.2, -0.15) is 0 Å². The van der Waals surface area contributed by atoms with Crippen molar-refractivity contribution in [1.29, 1.82) is 0 Å². The molecule has 0 unspecified atom stereocenters. The normalized spacial score (nSPS) is 18.9. The first-order valence-electron chi connectivity index (χ1n) is 10.5. The van der Waals surface area contributed by atoms with Crippen LogP contribution in [0.1, 0.15) is 36.8 Å². The predicted molar refractivity (Wildman–Crippen MR) is 111 cm³/mol. The molecule has 0 radical (unpaired) electrons. The summed E-state index contributed by atoms with van der Waals surface area (Å²) in [6.07, 6.45) is 2.79. The van der Waals surface area contributed by atoms with E-state index in [1.807, 2.05) is 17.0 Å². The van der Waals surface area contributed by atoms with Crippen LogP contribution in [-0.4, -0.2) is 74.7 Å². The molecule has 2 atom stereocenters. The molecule has 8 heteroatoms. The molecule has 0 aromatic heterocycles. The molecule has 0 spiro atoms. The zero-order valence-corrected chi connectivity index (χ0v) is 17.7. The van der Waals surface area contributed by atoms with Crippen molar-refractivity contribution in [1.82, 2.24) is 15.5 Å². The van der Waals surface area contributed by atoms with Gasteiger partial charge in [0, 0.05) is 19.5 Å². The third kappa shape index (κ3) is 6.53. The van der Waals surface area contributed by atoms with E-state index in [1.54, 1.807) is 6.92 Å². The number of carbonyl (C=O) groups excluding carboxylic acids is 3. The fourth-order valence-corrected chi connectivity index (χ4v) is 3.53. The van der Waals surface area contributed by atoms with Gasteiger partial charge < -0.3 is 20.1 Å². The van der Waals surface area contributed by atoms with Gasteiger partial charge in [0.2, 0.25) is 11.8 Å². The summed E-state index contributed by atoms with van der Waals surface area (Å²) in [5.74, 6) is -0.501. The zero-order valence-electron chi connectivity index (χ0n) is 17.7. The number of morpholine rings is 1. The van der Waals surface area contributed by atoms with Crippen LogP contribution in [0.4, 0.5) is 0 Å². The van der Waals surface area contributed by atoms with Crippen LogP contribution < -0.4 is 10.6 Å². The average Bonchev–Trinajstić information content (AvgIpc) is 3.59. The molecule has 1 aliphatic heterocycles. The van der Waals surface area contributed by atoms with Crippen LogP contribution in [0.25, 0.3) is 0 Å². The summed E-state index contributed by atoms with van der Waals surface area (Å²) in [6.45, 7) is 4.41. The summed E-state index contributed by atoms with van der Waals surface area (Å²) in [4.78, 5) is 39.0. The highest BCUT2D eigenvalue weighted by molar-refractivity contribution is 5.91. The number of benzene rings is 1. The number of nitrogens with one attached hydrogen (secondary N) is 2. The Morgan fingerprint density at radius 3 is 2.40 bits per heavy atom. The fourth-order valence-electron chi connectivity index (χ4n) is 3.53. The Morgan fingerprint density at radius 1 is 1.13 bits per heavy atom. The van der Waals surface area contributed by atoms with Crippen LogP contribution in [0.5, 0.6) is 0 Å². The van der Waals surface area contributed by atoms with E-state index in [9.17, 15) is 14.4 Å². The molecule has 8 nitrogen and oxygen atoms in total. The van der Waals surface area contributed by atoms with Gasteiger partial charge in [-0.3, -0.25) is 14.5 Å². The number of esters is 1. The summed E-state index contributed by atoms with van der Waals surface area (Å²) >= 11 is 0. The Kier molecular flexibility index (Phi) is 7.81. The van der Waals surface area contributed by atoms with Crippen LogP contribution >= 0.6 is 0 Å². The molecule has 1 saturated carbocycles. The number of amides is 2. The molecule has 164 valence electrons. The maximum atomic E-state index is 12.6. The Bertz CT molecular complexity index is 742. The maximum Gasteiger partial charge on any atom is 0.328 e. The lowest BCUT2D eigenvalue weighted by Gasteiger charge is -2.26. The van der Waals surface area contributed by atoms with Gasteiger partial charge in [-0.25, -0.2) is 4.79 Å². The second-order valence-corrected chi connectivity index (χ2v) is 7.98. The van der Waals surface area contributed by atoms with Crippen LogP contribution in [0.15, 0.2) is 24.3 Å². The lowest BCUT2D eigenvalue weighted by atomic mass is 10.0. The molecule has 1 aliphatic carbocycles. The molecule has 1 aromatic carbocycles. The van der Waals surface area contributed by atoms with Crippen molar-refractivity contribution < 1.29 is 23.9 Å². The molecule has 1 aromatic rings. The van der Waals surface area contributed by atoms with Gasteiger partial charge in [0.25, 0.3) is 0 Å². The summed E-state index contributed by atoms with van der Waals surface area (Å²) in [6, 6.07) is 6.57. The highest BCUT2D eigenvalue weighted by atomic mass is 16.5. The van der Waals surface area contributed by atoms with Crippen molar-refractivity contribution in [3.63, 3.8) is 0 Å². The number of rotatable bonds is 9. The number of methoxy groups -OCH3 is 1. The van der Waals surface area contributed by atoms with Gasteiger partial charge in [-0.05, 0) is 36.8 Å². The number of hydrogen-bond donors (Lipinski definition) is 2. The summed E-state index contributed by atoms with van der Waals surface area (Å²) in [5, 5.41) is 5.41. The van der Waals surface area contributed by atoms with Crippen molar-refractivity contribution >= 4 is 17.8 Å². The fraction of sp³-hybridized carbons (Fsp3) is 0.591. The standard InChI is InChI=1S/C22H31N3O5/c1-15(23-20(26)14-25-9-11-30-12-10-25)21(27)24-19(22(28)29-2)13-16-3-5-17(6-4-16)18-7-8-18/h3-6,15,18-19H,7-14H2,1-2H3,(H,23,26)(H,24,27)/t15-,19-/m0/s1. The first-order chi connectivity index (χ1) is 14.5. The molecule has 0 bridgehead atoms. The molecular weight excluding hydrogens is 386 g/mol. The SMILES string of the molecule is COC(=O)[C@H](Cc1ccc(C2CC2)cc1)NC(=O)[C@H](C)NC(=O)CN1CCOCC1. The van der Waals surface area contributed by atoms with Gasteiger partial charge in [0.1, 0.15) is 12.1 Å². The molecule has 2 aliphatic rings. The van der Waals surface area contributed by atoms with Crippen LogP contribution in [-0.2, 0) is 30.3 Å². The van der Waals surface area contributed by atoms with Crippen molar-refractivity contribution in [2.75, 3.05) is 40.0 Å². The van der Waals surface area contributed by atoms with E-state index in [2.05, 4.69) is 22.8 Å². The van der Waals surface area contributed by atoms with Gasteiger partial charge in [0.05, 0.1) is 26.9 Å². The number of nitrogens with zero attached hydrogens (tertiary/aromatic N) is 1. The number of carbonyl (C=O) groups is 3. The molecule has 2 fully saturated rings. The van der Waals surface area contributed by atoms with Crippen molar-refractivity contribution in [2.45, 2.75) is 44.2 Å². The minimum atomic E-state index is -0.812. The Labute approximate surface area is 177 Å². The van der Waals surface area contributed by atoms with E-state index in [-0.39, 0.29) is 12.5 Å². The topological polar surface area (TPSA) is 97.0 Å². The van der Waals surface area contributed by atoms with E-state index in [0.29, 0.717) is 38.6 Å². The molecule has 1 heterocycles. The number of ether oxygens (including phenoxy) is 2. The Hall–Kier alpha value is -2.45. The van der Waals surface area contributed by atoms with E-state index in [0.717, 1.165) is 5.56 Å². The van der Waals surface area contributed by atoms with Crippen LogP contribution in [0.3, 0.4) is 0 Å². The minimum Gasteiger partial charge on any atom is -0.467 e. The molecule has 30 heavy (non-hydrogen) atoms. The lowest BCUT2D eigenvalue weighted by molar-refractivity contribution is -0.145. The largest absolute Gasteiger partial charge is 0.467 e. The van der Waals surface area contributed by atoms with E-state index < -0.39 is 24.0 Å². The maximum absolute atomic E-state index is 12.6. The lowest BCUT2D eigenvalue weighted by Crippen LogP contribution is -2.53. The first-order valence-corrected chi connectivity index (χ1v) is 10.5. The highest BCUT2D eigenvalue weighted by Crippen LogP contribution is 2.39. The van der Waals surface area contributed by atoms with Gasteiger partial charge in [-0.15, -0.1) is 0 Å². The van der Waals surface area contributed by atoms with Crippen molar-refractivity contribution in [3.05, 3.63) is 35.4 Å². The van der Waals surface area contributed by atoms with Gasteiger partial charge in [-0.1, -0.05) is 24.3 Å². The molecule has 2 amide bonds.